The maximum absolute atomic E-state index is 11.1. The first kappa shape index (κ1) is 13.4. The molecule has 1 aromatic heterocycles. The van der Waals surface area contributed by atoms with Crippen molar-refractivity contribution in [1.82, 2.24) is 4.98 Å². The lowest BCUT2D eigenvalue weighted by atomic mass is 10.1. The van der Waals surface area contributed by atoms with Gasteiger partial charge >= 0.3 is 5.97 Å². The first-order valence-electron chi connectivity index (χ1n) is 5.71. The van der Waals surface area contributed by atoms with E-state index in [9.17, 15) is 4.79 Å². The van der Waals surface area contributed by atoms with Crippen molar-refractivity contribution in [3.63, 3.8) is 0 Å². The lowest BCUT2D eigenvalue weighted by Crippen LogP contribution is -2.05. The maximum Gasteiger partial charge on any atom is 0.339 e. The van der Waals surface area contributed by atoms with Crippen LogP contribution in [-0.4, -0.2) is 16.1 Å². The van der Waals surface area contributed by atoms with Gasteiger partial charge in [0.1, 0.15) is 16.5 Å². The van der Waals surface area contributed by atoms with E-state index < -0.39 is 5.97 Å². The van der Waals surface area contributed by atoms with Crippen LogP contribution in [-0.2, 0) is 0 Å². The Morgan fingerprint density at radius 3 is 2.42 bits per heavy atom. The van der Waals surface area contributed by atoms with E-state index in [0.29, 0.717) is 0 Å². The number of halogens is 1. The SMILES string of the molecule is Cc1cc(C)cc(Nc2nc(Cl)ccc2C(=O)O)c1. The van der Waals surface area contributed by atoms with E-state index in [0.717, 1.165) is 16.8 Å². The number of aromatic carboxylic acids is 1. The normalized spacial score (nSPS) is 10.3. The molecule has 0 spiro atoms. The molecule has 0 aliphatic rings. The highest BCUT2D eigenvalue weighted by Crippen LogP contribution is 2.23. The standard InChI is InChI=1S/C14H13ClN2O2/c1-8-5-9(2)7-10(6-8)16-13-11(14(18)19)3-4-12(15)17-13/h3-7H,1-2H3,(H,16,17)(H,18,19). The zero-order valence-corrected chi connectivity index (χ0v) is 11.3. The van der Waals surface area contributed by atoms with E-state index in [4.69, 9.17) is 16.7 Å². The number of pyridine rings is 1. The average Bonchev–Trinajstić information content (AvgIpc) is 2.26. The van der Waals surface area contributed by atoms with Crippen LogP contribution in [0.15, 0.2) is 30.3 Å². The maximum atomic E-state index is 11.1. The summed E-state index contributed by atoms with van der Waals surface area (Å²) < 4.78 is 0. The molecule has 1 heterocycles. The van der Waals surface area contributed by atoms with Gasteiger partial charge in [-0.15, -0.1) is 0 Å². The Morgan fingerprint density at radius 1 is 1.21 bits per heavy atom. The Morgan fingerprint density at radius 2 is 1.84 bits per heavy atom. The van der Waals surface area contributed by atoms with Crippen molar-refractivity contribution in [3.05, 3.63) is 52.2 Å². The third-order valence-electron chi connectivity index (χ3n) is 2.58. The number of anilines is 2. The van der Waals surface area contributed by atoms with Gasteiger partial charge in [0.25, 0.3) is 0 Å². The highest BCUT2D eigenvalue weighted by Gasteiger charge is 2.12. The van der Waals surface area contributed by atoms with Gasteiger partial charge in [0.2, 0.25) is 0 Å². The van der Waals surface area contributed by atoms with Crippen LogP contribution in [0.3, 0.4) is 0 Å². The molecular weight excluding hydrogens is 264 g/mol. The Bertz CT molecular complexity index is 621. The monoisotopic (exact) mass is 276 g/mol. The summed E-state index contributed by atoms with van der Waals surface area (Å²) >= 11 is 5.81. The van der Waals surface area contributed by atoms with Crippen LogP contribution in [0.5, 0.6) is 0 Å². The molecule has 0 aliphatic heterocycles. The Labute approximate surface area is 116 Å². The van der Waals surface area contributed by atoms with E-state index in [2.05, 4.69) is 10.3 Å². The fourth-order valence-corrected chi connectivity index (χ4v) is 2.03. The van der Waals surface area contributed by atoms with Crippen molar-refractivity contribution < 1.29 is 9.90 Å². The van der Waals surface area contributed by atoms with Crippen LogP contribution < -0.4 is 5.32 Å². The fourth-order valence-electron chi connectivity index (χ4n) is 1.89. The molecule has 5 heteroatoms. The van der Waals surface area contributed by atoms with Crippen molar-refractivity contribution in [3.8, 4) is 0 Å². The number of carboxylic acids is 1. The highest BCUT2D eigenvalue weighted by molar-refractivity contribution is 6.29. The first-order chi connectivity index (χ1) is 8.95. The second kappa shape index (κ2) is 5.28. The van der Waals surface area contributed by atoms with Crippen LogP contribution >= 0.6 is 11.6 Å². The van der Waals surface area contributed by atoms with E-state index in [1.54, 1.807) is 0 Å². The molecule has 1 aromatic carbocycles. The van der Waals surface area contributed by atoms with Crippen molar-refractivity contribution in [2.45, 2.75) is 13.8 Å². The Balaban J connectivity index is 2.42. The topological polar surface area (TPSA) is 62.2 Å². The Hall–Kier alpha value is -2.07. The molecular formula is C14H13ClN2O2. The summed E-state index contributed by atoms with van der Waals surface area (Å²) in [5.41, 5.74) is 3.04. The third-order valence-corrected chi connectivity index (χ3v) is 2.79. The minimum atomic E-state index is -1.05. The minimum Gasteiger partial charge on any atom is -0.478 e. The molecule has 0 saturated carbocycles. The number of hydrogen-bond donors (Lipinski definition) is 2. The predicted molar refractivity (Wildman–Crippen MR) is 75.4 cm³/mol. The molecule has 0 saturated heterocycles. The summed E-state index contributed by atoms with van der Waals surface area (Å²) in [5.74, 6) is -0.805. The van der Waals surface area contributed by atoms with Gasteiger partial charge in [0.15, 0.2) is 0 Å². The van der Waals surface area contributed by atoms with Gasteiger partial charge in [0, 0.05) is 5.69 Å². The number of nitrogens with zero attached hydrogens (tertiary/aromatic N) is 1. The molecule has 2 rings (SSSR count). The van der Waals surface area contributed by atoms with Gasteiger partial charge in [-0.1, -0.05) is 17.7 Å². The van der Waals surface area contributed by atoms with E-state index >= 15 is 0 Å². The second-order valence-electron chi connectivity index (χ2n) is 4.34. The summed E-state index contributed by atoms with van der Waals surface area (Å²) in [6.07, 6.45) is 0. The minimum absolute atomic E-state index is 0.0866. The second-order valence-corrected chi connectivity index (χ2v) is 4.72. The van der Waals surface area contributed by atoms with Crippen molar-refractivity contribution in [2.24, 2.45) is 0 Å². The number of aryl methyl sites for hydroxylation is 2. The number of hydrogen-bond acceptors (Lipinski definition) is 3. The molecule has 19 heavy (non-hydrogen) atoms. The van der Waals surface area contributed by atoms with Crippen LogP contribution in [0.1, 0.15) is 21.5 Å². The molecule has 0 bridgehead atoms. The first-order valence-corrected chi connectivity index (χ1v) is 6.08. The van der Waals surface area contributed by atoms with E-state index in [-0.39, 0.29) is 16.5 Å². The number of carboxylic acid groups (broad SMARTS) is 1. The smallest absolute Gasteiger partial charge is 0.339 e. The number of benzene rings is 1. The van der Waals surface area contributed by atoms with Crippen molar-refractivity contribution in [1.29, 1.82) is 0 Å². The highest BCUT2D eigenvalue weighted by atomic mass is 35.5. The molecule has 0 amide bonds. The summed E-state index contributed by atoms with van der Waals surface area (Å²) in [7, 11) is 0. The van der Waals surface area contributed by atoms with E-state index in [1.165, 1.54) is 12.1 Å². The largest absolute Gasteiger partial charge is 0.478 e. The predicted octanol–water partition coefficient (Wildman–Crippen LogP) is 3.79. The zero-order valence-electron chi connectivity index (χ0n) is 10.6. The molecule has 0 aliphatic carbocycles. The number of carbonyl (C=O) groups is 1. The average molecular weight is 277 g/mol. The Kier molecular flexibility index (Phi) is 3.71. The van der Waals surface area contributed by atoms with Crippen LogP contribution in [0.2, 0.25) is 5.15 Å². The molecule has 2 N–H and O–H groups in total. The third kappa shape index (κ3) is 3.23. The van der Waals surface area contributed by atoms with Gasteiger partial charge in [-0.25, -0.2) is 9.78 Å². The summed E-state index contributed by atoms with van der Waals surface area (Å²) in [6.45, 7) is 3.95. The van der Waals surface area contributed by atoms with Gasteiger partial charge < -0.3 is 10.4 Å². The molecule has 2 aromatic rings. The van der Waals surface area contributed by atoms with Gasteiger partial charge in [-0.2, -0.15) is 0 Å². The van der Waals surface area contributed by atoms with Crippen LogP contribution in [0.4, 0.5) is 11.5 Å². The molecule has 4 nitrogen and oxygen atoms in total. The number of rotatable bonds is 3. The van der Waals surface area contributed by atoms with Gasteiger partial charge in [-0.3, -0.25) is 0 Å². The lowest BCUT2D eigenvalue weighted by Gasteiger charge is -2.10. The quantitative estimate of drug-likeness (QED) is 0.837. The van der Waals surface area contributed by atoms with Gasteiger partial charge in [-0.05, 0) is 49.2 Å². The molecule has 0 fully saturated rings. The summed E-state index contributed by atoms with van der Waals surface area (Å²) in [4.78, 5) is 15.2. The molecule has 0 unspecified atom stereocenters. The van der Waals surface area contributed by atoms with E-state index in [1.807, 2.05) is 32.0 Å². The molecule has 0 atom stereocenters. The summed E-state index contributed by atoms with van der Waals surface area (Å²) in [6, 6.07) is 8.76. The molecule has 98 valence electrons. The molecule has 0 radical (unpaired) electrons. The van der Waals surface area contributed by atoms with Gasteiger partial charge in [0.05, 0.1) is 0 Å². The fraction of sp³-hybridized carbons (Fsp3) is 0.143. The van der Waals surface area contributed by atoms with Crippen molar-refractivity contribution in [2.75, 3.05) is 5.32 Å². The van der Waals surface area contributed by atoms with Crippen LogP contribution in [0, 0.1) is 13.8 Å². The zero-order chi connectivity index (χ0) is 14.0. The number of aromatic nitrogens is 1. The van der Waals surface area contributed by atoms with Crippen LogP contribution in [0.25, 0.3) is 0 Å². The van der Waals surface area contributed by atoms with Crippen molar-refractivity contribution >= 4 is 29.1 Å². The lowest BCUT2D eigenvalue weighted by molar-refractivity contribution is 0.0697. The summed E-state index contributed by atoms with van der Waals surface area (Å²) in [5, 5.41) is 12.4. The number of nitrogens with one attached hydrogen (secondary N) is 1.